The Morgan fingerprint density at radius 1 is 1.43 bits per heavy atom. The van der Waals surface area contributed by atoms with E-state index in [2.05, 4.69) is 36.3 Å². The van der Waals surface area contributed by atoms with Gasteiger partial charge in [-0.1, -0.05) is 13.8 Å². The number of nitrogens with one attached hydrogen (secondary N) is 2. The maximum Gasteiger partial charge on any atom is 0.191 e. The summed E-state index contributed by atoms with van der Waals surface area (Å²) in [6, 6.07) is 4.53. The summed E-state index contributed by atoms with van der Waals surface area (Å²) in [5.74, 6) is 2.64. The van der Waals surface area contributed by atoms with Crippen molar-refractivity contribution in [3.05, 3.63) is 24.2 Å². The van der Waals surface area contributed by atoms with Crippen LogP contribution in [0.1, 0.15) is 39.4 Å². The first kappa shape index (κ1) is 17.9. The number of rotatable bonds is 8. The lowest BCUT2D eigenvalue weighted by molar-refractivity contribution is 0.231. The largest absolute Gasteiger partial charge is 0.469 e. The molecule has 0 saturated carbocycles. The fourth-order valence-corrected chi connectivity index (χ4v) is 3.11. The number of guanidine groups is 1. The van der Waals surface area contributed by atoms with Gasteiger partial charge in [0, 0.05) is 32.1 Å². The third-order valence-corrected chi connectivity index (χ3v) is 4.15. The van der Waals surface area contributed by atoms with Crippen LogP contribution in [0.15, 0.2) is 27.8 Å². The molecule has 5 heteroatoms. The molecular formula is C18H32N4O. The Balaban J connectivity index is 1.80. The van der Waals surface area contributed by atoms with E-state index in [4.69, 9.17) is 9.41 Å². The number of nitrogens with zero attached hydrogens (tertiary/aromatic N) is 2. The van der Waals surface area contributed by atoms with E-state index >= 15 is 0 Å². The maximum atomic E-state index is 5.36. The lowest BCUT2D eigenvalue weighted by Crippen LogP contribution is -2.40. The highest BCUT2D eigenvalue weighted by molar-refractivity contribution is 5.79. The van der Waals surface area contributed by atoms with Crippen LogP contribution in [0.2, 0.25) is 0 Å². The predicted molar refractivity (Wildman–Crippen MR) is 95.8 cm³/mol. The van der Waals surface area contributed by atoms with E-state index in [1.165, 1.54) is 25.9 Å². The number of aliphatic imine (C=N–C) groups is 1. The summed E-state index contributed by atoms with van der Waals surface area (Å²) in [6.07, 6.45) is 5.16. The van der Waals surface area contributed by atoms with Crippen LogP contribution in [0, 0.1) is 5.92 Å². The molecule has 1 atom stereocenters. The van der Waals surface area contributed by atoms with Crippen molar-refractivity contribution in [2.45, 2.75) is 46.1 Å². The van der Waals surface area contributed by atoms with Gasteiger partial charge in [-0.3, -0.25) is 9.89 Å². The van der Waals surface area contributed by atoms with E-state index < -0.39 is 0 Å². The van der Waals surface area contributed by atoms with Crippen LogP contribution in [-0.2, 0) is 6.42 Å². The van der Waals surface area contributed by atoms with Crippen molar-refractivity contribution >= 4 is 5.96 Å². The summed E-state index contributed by atoms with van der Waals surface area (Å²) in [7, 11) is 0. The lowest BCUT2D eigenvalue weighted by Gasteiger charge is -2.25. The minimum Gasteiger partial charge on any atom is -0.469 e. The molecule has 0 radical (unpaired) electrons. The van der Waals surface area contributed by atoms with Gasteiger partial charge in [-0.15, -0.1) is 0 Å². The van der Waals surface area contributed by atoms with Gasteiger partial charge < -0.3 is 15.1 Å². The highest BCUT2D eigenvalue weighted by Gasteiger charge is 2.24. The average Bonchev–Trinajstić information content (AvgIpc) is 3.16. The van der Waals surface area contributed by atoms with E-state index in [1.807, 2.05) is 12.1 Å². The van der Waals surface area contributed by atoms with Gasteiger partial charge in [-0.05, 0) is 44.4 Å². The molecule has 1 aromatic heterocycles. The quantitative estimate of drug-likeness (QED) is 0.571. The Morgan fingerprint density at radius 2 is 2.30 bits per heavy atom. The van der Waals surface area contributed by atoms with E-state index in [0.717, 1.165) is 43.7 Å². The molecule has 1 saturated heterocycles. The summed E-state index contributed by atoms with van der Waals surface area (Å²) in [6.45, 7) is 11.7. The molecule has 5 nitrogen and oxygen atoms in total. The summed E-state index contributed by atoms with van der Waals surface area (Å²) < 4.78 is 5.36. The van der Waals surface area contributed by atoms with Crippen LogP contribution in [0.4, 0.5) is 0 Å². The first-order valence-electron chi connectivity index (χ1n) is 8.97. The Morgan fingerprint density at radius 3 is 3.00 bits per heavy atom. The smallest absolute Gasteiger partial charge is 0.191 e. The van der Waals surface area contributed by atoms with Gasteiger partial charge in [0.05, 0.1) is 12.8 Å². The normalized spacial score (nSPS) is 19.5. The molecule has 2 rings (SSSR count). The molecule has 1 aromatic rings. The predicted octanol–water partition coefficient (Wildman–Crippen LogP) is 2.50. The van der Waals surface area contributed by atoms with Gasteiger partial charge in [0.25, 0.3) is 0 Å². The summed E-state index contributed by atoms with van der Waals surface area (Å²) in [4.78, 5) is 7.39. The minimum atomic E-state index is 0.595. The second-order valence-corrected chi connectivity index (χ2v) is 6.66. The molecule has 1 fully saturated rings. The zero-order valence-electron chi connectivity index (χ0n) is 14.8. The van der Waals surface area contributed by atoms with Gasteiger partial charge in [0.2, 0.25) is 0 Å². The van der Waals surface area contributed by atoms with E-state index in [9.17, 15) is 0 Å². The van der Waals surface area contributed by atoms with Gasteiger partial charge >= 0.3 is 0 Å². The molecular weight excluding hydrogens is 288 g/mol. The topological polar surface area (TPSA) is 52.8 Å². The molecule has 2 N–H and O–H groups in total. The van der Waals surface area contributed by atoms with E-state index in [1.54, 1.807) is 6.26 Å². The van der Waals surface area contributed by atoms with Gasteiger partial charge in [-0.25, -0.2) is 0 Å². The molecule has 130 valence electrons. The third kappa shape index (κ3) is 6.26. The molecule has 0 unspecified atom stereocenters. The molecule has 1 aliphatic rings. The van der Waals surface area contributed by atoms with Crippen LogP contribution in [0.5, 0.6) is 0 Å². The average molecular weight is 320 g/mol. The fourth-order valence-electron chi connectivity index (χ4n) is 3.11. The van der Waals surface area contributed by atoms with E-state index in [-0.39, 0.29) is 0 Å². The zero-order chi connectivity index (χ0) is 16.5. The Kier molecular flexibility index (Phi) is 7.46. The molecule has 23 heavy (non-hydrogen) atoms. The zero-order valence-corrected chi connectivity index (χ0v) is 14.8. The summed E-state index contributed by atoms with van der Waals surface area (Å²) in [5.41, 5.74) is 0. The van der Waals surface area contributed by atoms with Crippen molar-refractivity contribution < 1.29 is 4.42 Å². The van der Waals surface area contributed by atoms with Crippen molar-refractivity contribution in [3.8, 4) is 0 Å². The second-order valence-electron chi connectivity index (χ2n) is 6.66. The Hall–Kier alpha value is -1.49. The first-order valence-corrected chi connectivity index (χ1v) is 8.97. The lowest BCUT2D eigenvalue weighted by atomic mass is 10.2. The molecule has 0 aromatic carbocycles. The molecule has 1 aliphatic heterocycles. The SMILES string of the molecule is CCNC(=NC[C@H]1CCCN1CC(C)C)NCCc1ccco1. The van der Waals surface area contributed by atoms with Crippen molar-refractivity contribution in [1.29, 1.82) is 0 Å². The van der Waals surface area contributed by atoms with Gasteiger partial charge in [-0.2, -0.15) is 0 Å². The summed E-state index contributed by atoms with van der Waals surface area (Å²) >= 11 is 0. The van der Waals surface area contributed by atoms with Crippen LogP contribution >= 0.6 is 0 Å². The number of hydrogen-bond acceptors (Lipinski definition) is 3. The van der Waals surface area contributed by atoms with Crippen LogP contribution in [-0.4, -0.2) is 49.6 Å². The molecule has 0 bridgehead atoms. The third-order valence-electron chi connectivity index (χ3n) is 4.15. The van der Waals surface area contributed by atoms with Crippen molar-refractivity contribution in [2.75, 3.05) is 32.7 Å². The number of likely N-dealkylation sites (tertiary alicyclic amines) is 1. The highest BCUT2D eigenvalue weighted by Crippen LogP contribution is 2.18. The standard InChI is InChI=1S/C18H32N4O/c1-4-19-18(20-10-9-17-8-6-12-23-17)21-13-16-7-5-11-22(16)14-15(2)3/h6,8,12,15-16H,4-5,7,9-11,13-14H2,1-3H3,(H2,19,20,21)/t16-/m1/s1. The van der Waals surface area contributed by atoms with Crippen molar-refractivity contribution in [3.63, 3.8) is 0 Å². The van der Waals surface area contributed by atoms with Crippen molar-refractivity contribution in [1.82, 2.24) is 15.5 Å². The molecule has 0 spiro atoms. The minimum absolute atomic E-state index is 0.595. The molecule has 0 aliphatic carbocycles. The second kappa shape index (κ2) is 9.60. The maximum absolute atomic E-state index is 5.36. The van der Waals surface area contributed by atoms with Gasteiger partial charge in [0.15, 0.2) is 5.96 Å². The molecule has 0 amide bonds. The van der Waals surface area contributed by atoms with Crippen LogP contribution in [0.25, 0.3) is 0 Å². The molecule has 2 heterocycles. The Labute approximate surface area is 140 Å². The number of hydrogen-bond donors (Lipinski definition) is 2. The van der Waals surface area contributed by atoms with Crippen molar-refractivity contribution in [2.24, 2.45) is 10.9 Å². The van der Waals surface area contributed by atoms with Gasteiger partial charge in [0.1, 0.15) is 5.76 Å². The first-order chi connectivity index (χ1) is 11.2. The fraction of sp³-hybridized carbons (Fsp3) is 0.722. The van der Waals surface area contributed by atoms with Crippen LogP contribution < -0.4 is 10.6 Å². The summed E-state index contributed by atoms with van der Waals surface area (Å²) in [5, 5.41) is 6.73. The Bertz CT molecular complexity index is 456. The highest BCUT2D eigenvalue weighted by atomic mass is 16.3. The monoisotopic (exact) mass is 320 g/mol. The van der Waals surface area contributed by atoms with E-state index in [0.29, 0.717) is 6.04 Å². The number of furan rings is 1. The van der Waals surface area contributed by atoms with Crippen LogP contribution in [0.3, 0.4) is 0 Å².